The van der Waals surface area contributed by atoms with Gasteiger partial charge in [-0.25, -0.2) is 13.2 Å². The fraction of sp³-hybridized carbons (Fsp3) is 0.222. The van der Waals surface area contributed by atoms with E-state index in [4.69, 9.17) is 11.6 Å². The summed E-state index contributed by atoms with van der Waals surface area (Å²) in [5, 5.41) is 1.19. The number of nitrogens with one attached hydrogen (secondary N) is 1. The Morgan fingerprint density at radius 1 is 1.35 bits per heavy atom. The van der Waals surface area contributed by atoms with E-state index in [1.54, 1.807) is 0 Å². The van der Waals surface area contributed by atoms with E-state index < -0.39 is 29.8 Å². The number of benzene rings is 1. The lowest BCUT2D eigenvalue weighted by Gasteiger charge is -2.15. The number of anilines is 1. The summed E-state index contributed by atoms with van der Waals surface area (Å²) in [7, 11) is 0. The van der Waals surface area contributed by atoms with Gasteiger partial charge in [0.25, 0.3) is 0 Å². The maximum Gasteiger partial charge on any atom is 0.383 e. The van der Waals surface area contributed by atoms with Crippen molar-refractivity contribution >= 4 is 23.2 Å². The summed E-state index contributed by atoms with van der Waals surface area (Å²) in [5.41, 5.74) is -0.503. The second-order valence-electron chi connectivity index (χ2n) is 3.00. The van der Waals surface area contributed by atoms with E-state index >= 15 is 0 Å². The summed E-state index contributed by atoms with van der Waals surface area (Å²) in [6.07, 6.45) is -4.16. The Morgan fingerprint density at radius 3 is 2.47 bits per heavy atom. The highest BCUT2D eigenvalue weighted by atomic mass is 35.5. The molecule has 1 aromatic carbocycles. The number of rotatable bonds is 3. The second-order valence-corrected chi connectivity index (χ2v) is 3.41. The van der Waals surface area contributed by atoms with Crippen LogP contribution in [-0.4, -0.2) is 18.3 Å². The summed E-state index contributed by atoms with van der Waals surface area (Å²) < 4.78 is 61.5. The van der Waals surface area contributed by atoms with E-state index in [2.05, 4.69) is 0 Å². The molecule has 1 aromatic rings. The maximum atomic E-state index is 12.7. The second kappa shape index (κ2) is 4.87. The quantitative estimate of drug-likeness (QED) is 0.841. The van der Waals surface area contributed by atoms with E-state index in [1.807, 2.05) is 0 Å². The van der Waals surface area contributed by atoms with Crippen molar-refractivity contribution in [3.05, 3.63) is 29.0 Å². The van der Waals surface area contributed by atoms with Crippen LogP contribution in [0.2, 0.25) is 5.02 Å². The molecule has 0 aliphatic rings. The molecule has 0 unspecified atom stereocenters. The molecule has 94 valence electrons. The van der Waals surface area contributed by atoms with Crippen LogP contribution < -0.4 is 5.32 Å². The van der Waals surface area contributed by atoms with Gasteiger partial charge in [0, 0.05) is 0 Å². The molecule has 1 rings (SSSR count). The Balaban J connectivity index is 2.92. The minimum atomic E-state index is -4.87. The molecule has 0 aliphatic heterocycles. The van der Waals surface area contributed by atoms with Crippen molar-refractivity contribution in [1.82, 2.24) is 0 Å². The number of hydrogen-bond donors (Lipinski definition) is 1. The molecule has 8 heteroatoms. The van der Waals surface area contributed by atoms with E-state index in [1.165, 1.54) is 5.32 Å². The van der Waals surface area contributed by atoms with Gasteiger partial charge in [0.2, 0.25) is 0 Å². The van der Waals surface area contributed by atoms with Crippen LogP contribution in [-0.2, 0) is 4.79 Å². The van der Waals surface area contributed by atoms with E-state index in [9.17, 15) is 26.7 Å². The smallest absolute Gasteiger partial charge is 0.319 e. The van der Waals surface area contributed by atoms with E-state index in [-0.39, 0.29) is 5.02 Å². The summed E-state index contributed by atoms with van der Waals surface area (Å²) >= 11 is 5.46. The summed E-state index contributed by atoms with van der Waals surface area (Å²) in [4.78, 5) is 10.8. The minimum Gasteiger partial charge on any atom is -0.319 e. The normalized spacial score (nSPS) is 11.7. The van der Waals surface area contributed by atoms with Crippen LogP contribution in [0.1, 0.15) is 0 Å². The van der Waals surface area contributed by atoms with E-state index in [0.717, 1.165) is 12.1 Å². The zero-order valence-electron chi connectivity index (χ0n) is 7.99. The van der Waals surface area contributed by atoms with Crippen LogP contribution in [0.3, 0.4) is 0 Å². The average Bonchev–Trinajstić information content (AvgIpc) is 2.23. The van der Waals surface area contributed by atoms with Crippen LogP contribution in [0.25, 0.3) is 0 Å². The van der Waals surface area contributed by atoms with Crippen molar-refractivity contribution in [3.8, 4) is 0 Å². The molecule has 0 heterocycles. The highest BCUT2D eigenvalue weighted by Gasteiger charge is 2.49. The first kappa shape index (κ1) is 13.7. The monoisotopic (exact) mass is 273 g/mol. The molecule has 0 aromatic heterocycles. The van der Waals surface area contributed by atoms with Gasteiger partial charge in [-0.3, -0.25) is 4.79 Å². The fourth-order valence-electron chi connectivity index (χ4n) is 0.898. The molecule has 0 bridgehead atoms. The topological polar surface area (TPSA) is 29.1 Å². The molecule has 0 spiro atoms. The van der Waals surface area contributed by atoms with Crippen LogP contribution in [0.15, 0.2) is 18.2 Å². The molecule has 0 aliphatic carbocycles. The summed E-state index contributed by atoms with van der Waals surface area (Å²) in [5.74, 6) is -7.97. The molecule has 1 N–H and O–H groups in total. The van der Waals surface area contributed by atoms with Crippen molar-refractivity contribution in [2.45, 2.75) is 12.3 Å². The van der Waals surface area contributed by atoms with Gasteiger partial charge in [-0.2, -0.15) is 8.78 Å². The first-order valence-corrected chi connectivity index (χ1v) is 4.55. The lowest BCUT2D eigenvalue weighted by Crippen LogP contribution is -2.41. The fourth-order valence-corrected chi connectivity index (χ4v) is 1.06. The van der Waals surface area contributed by atoms with Gasteiger partial charge < -0.3 is 5.32 Å². The first-order valence-electron chi connectivity index (χ1n) is 4.17. The Morgan fingerprint density at radius 2 is 1.94 bits per heavy atom. The average molecular weight is 274 g/mol. The predicted octanol–water partition coefficient (Wildman–Crippen LogP) is 3.32. The summed E-state index contributed by atoms with van der Waals surface area (Å²) in [6.45, 7) is 0. The lowest BCUT2D eigenvalue weighted by molar-refractivity contribution is -0.163. The number of halogens is 6. The molecule has 1 amide bonds. The Labute approximate surface area is 97.4 Å². The molecular weight excluding hydrogens is 269 g/mol. The van der Waals surface area contributed by atoms with Gasteiger partial charge in [0.15, 0.2) is 0 Å². The minimum absolute atomic E-state index is 0.246. The zero-order chi connectivity index (χ0) is 13.2. The van der Waals surface area contributed by atoms with Crippen molar-refractivity contribution in [3.63, 3.8) is 0 Å². The third kappa shape index (κ3) is 3.06. The molecule has 0 radical (unpaired) electrons. The van der Waals surface area contributed by atoms with Crippen molar-refractivity contribution in [2.75, 3.05) is 5.32 Å². The van der Waals surface area contributed by atoms with Gasteiger partial charge in [-0.1, -0.05) is 11.6 Å². The number of carbonyl (C=O) groups is 1. The number of amides is 1. The standard InChI is InChI=1S/C9H5ClF5NO/c10-5-2-1-4(11)3-6(5)16-8(17)9(14,15)7(12)13/h1-3,7H,(H,16,17). The van der Waals surface area contributed by atoms with Crippen LogP contribution in [0.4, 0.5) is 27.6 Å². The first-order chi connectivity index (χ1) is 7.75. The maximum absolute atomic E-state index is 12.7. The van der Waals surface area contributed by atoms with Gasteiger partial charge >= 0.3 is 18.3 Å². The van der Waals surface area contributed by atoms with Gasteiger partial charge in [0.1, 0.15) is 5.82 Å². The van der Waals surface area contributed by atoms with Crippen LogP contribution in [0.5, 0.6) is 0 Å². The SMILES string of the molecule is O=C(Nc1cc(F)ccc1Cl)C(F)(F)C(F)F. The Bertz CT molecular complexity index is 437. The number of carbonyl (C=O) groups excluding carboxylic acids is 1. The van der Waals surface area contributed by atoms with Gasteiger partial charge in [-0.15, -0.1) is 0 Å². The highest BCUT2D eigenvalue weighted by Crippen LogP contribution is 2.27. The molecule has 0 saturated heterocycles. The third-order valence-electron chi connectivity index (χ3n) is 1.75. The van der Waals surface area contributed by atoms with Crippen LogP contribution in [0, 0.1) is 5.82 Å². The molecule has 2 nitrogen and oxygen atoms in total. The van der Waals surface area contributed by atoms with Crippen molar-refractivity contribution < 1.29 is 26.7 Å². The summed E-state index contributed by atoms with van der Waals surface area (Å²) in [6, 6.07) is 2.55. The largest absolute Gasteiger partial charge is 0.383 e. The Kier molecular flexibility index (Phi) is 3.92. The van der Waals surface area contributed by atoms with Crippen molar-refractivity contribution in [1.29, 1.82) is 0 Å². The van der Waals surface area contributed by atoms with E-state index in [0.29, 0.717) is 6.07 Å². The highest BCUT2D eigenvalue weighted by molar-refractivity contribution is 6.33. The Hall–Kier alpha value is -1.37. The molecule has 0 fully saturated rings. The lowest BCUT2D eigenvalue weighted by atomic mass is 10.2. The number of hydrogen-bond acceptors (Lipinski definition) is 1. The molecule has 0 atom stereocenters. The van der Waals surface area contributed by atoms with Crippen molar-refractivity contribution in [2.24, 2.45) is 0 Å². The zero-order valence-corrected chi connectivity index (χ0v) is 8.74. The molecule has 0 saturated carbocycles. The predicted molar refractivity (Wildman–Crippen MR) is 51.0 cm³/mol. The van der Waals surface area contributed by atoms with Gasteiger partial charge in [-0.05, 0) is 18.2 Å². The third-order valence-corrected chi connectivity index (χ3v) is 2.08. The molecule has 17 heavy (non-hydrogen) atoms. The van der Waals surface area contributed by atoms with Crippen LogP contribution >= 0.6 is 11.6 Å². The number of alkyl halides is 4. The molecular formula is C9H5ClF5NO. The van der Waals surface area contributed by atoms with Gasteiger partial charge in [0.05, 0.1) is 10.7 Å².